The van der Waals surface area contributed by atoms with E-state index >= 15 is 0 Å². The molecule has 0 atom stereocenters. The summed E-state index contributed by atoms with van der Waals surface area (Å²) in [5.74, 6) is 2.24. The normalized spacial score (nSPS) is 11.1. The van der Waals surface area contributed by atoms with E-state index < -0.39 is 0 Å². The van der Waals surface area contributed by atoms with E-state index in [0.29, 0.717) is 12.1 Å². The fourth-order valence-electron chi connectivity index (χ4n) is 3.12. The number of hydrogen-bond acceptors (Lipinski definition) is 4. The summed E-state index contributed by atoms with van der Waals surface area (Å²) in [6, 6.07) is 13.7. The van der Waals surface area contributed by atoms with E-state index in [1.807, 2.05) is 49.4 Å². The van der Waals surface area contributed by atoms with Gasteiger partial charge in [-0.25, -0.2) is 0 Å². The molecule has 1 amide bonds. The van der Waals surface area contributed by atoms with Crippen LogP contribution < -0.4 is 20.1 Å². The standard InChI is InChI=1S/C24H34N4O3/c1-6-25-24(27-15-13-19-10-11-21(30-4)22(17-19)31-5)26-14-12-18-8-7-9-20(16-18)23(29)28(2)3/h7-11,16-17H,6,12-15H2,1-5H3,(H2,25,26,27). The molecule has 0 aliphatic heterocycles. The number of guanidine groups is 1. The lowest BCUT2D eigenvalue weighted by Crippen LogP contribution is -2.38. The van der Waals surface area contributed by atoms with Gasteiger partial charge in [0.05, 0.1) is 14.2 Å². The summed E-state index contributed by atoms with van der Waals surface area (Å²) in [6.45, 7) is 4.20. The number of rotatable bonds is 10. The Balaban J connectivity index is 1.90. The van der Waals surface area contributed by atoms with Gasteiger partial charge in [-0.3, -0.25) is 9.79 Å². The number of methoxy groups -OCH3 is 2. The Kier molecular flexibility index (Phi) is 9.68. The van der Waals surface area contributed by atoms with Crippen molar-refractivity contribution in [3.8, 4) is 11.5 Å². The molecule has 31 heavy (non-hydrogen) atoms. The van der Waals surface area contributed by atoms with E-state index in [0.717, 1.165) is 54.5 Å². The van der Waals surface area contributed by atoms with Gasteiger partial charge >= 0.3 is 0 Å². The molecule has 7 heteroatoms. The summed E-state index contributed by atoms with van der Waals surface area (Å²) in [5.41, 5.74) is 2.96. The predicted octanol–water partition coefficient (Wildman–Crippen LogP) is 2.75. The molecule has 168 valence electrons. The summed E-state index contributed by atoms with van der Waals surface area (Å²) in [7, 11) is 6.79. The van der Waals surface area contributed by atoms with Gasteiger partial charge in [-0.2, -0.15) is 0 Å². The van der Waals surface area contributed by atoms with Crippen molar-refractivity contribution < 1.29 is 14.3 Å². The Morgan fingerprint density at radius 1 is 0.968 bits per heavy atom. The highest BCUT2D eigenvalue weighted by molar-refractivity contribution is 5.94. The van der Waals surface area contributed by atoms with Crippen LogP contribution in [-0.2, 0) is 12.8 Å². The molecule has 2 rings (SSSR count). The largest absolute Gasteiger partial charge is 0.493 e. The molecule has 0 aliphatic carbocycles. The highest BCUT2D eigenvalue weighted by Gasteiger charge is 2.08. The Hall–Kier alpha value is -3.22. The Bertz CT molecular complexity index is 881. The second-order valence-electron chi connectivity index (χ2n) is 7.28. The van der Waals surface area contributed by atoms with Gasteiger partial charge in [-0.05, 0) is 55.2 Å². The fraction of sp³-hybridized carbons (Fsp3) is 0.417. The van der Waals surface area contributed by atoms with Crippen molar-refractivity contribution in [3.63, 3.8) is 0 Å². The van der Waals surface area contributed by atoms with Gasteiger partial charge in [0.2, 0.25) is 0 Å². The van der Waals surface area contributed by atoms with Crippen molar-refractivity contribution in [1.82, 2.24) is 15.5 Å². The topological polar surface area (TPSA) is 75.2 Å². The summed E-state index contributed by atoms with van der Waals surface area (Å²) >= 11 is 0. The Morgan fingerprint density at radius 2 is 1.71 bits per heavy atom. The smallest absolute Gasteiger partial charge is 0.253 e. The van der Waals surface area contributed by atoms with Gasteiger partial charge < -0.3 is 25.0 Å². The average molecular weight is 427 g/mol. The zero-order valence-electron chi connectivity index (χ0n) is 19.2. The molecule has 0 aromatic heterocycles. The lowest BCUT2D eigenvalue weighted by Gasteiger charge is -2.13. The number of nitrogens with one attached hydrogen (secondary N) is 2. The summed E-state index contributed by atoms with van der Waals surface area (Å²) in [6.07, 6.45) is 1.60. The lowest BCUT2D eigenvalue weighted by atomic mass is 10.1. The maximum atomic E-state index is 12.1. The molecule has 0 saturated carbocycles. The van der Waals surface area contributed by atoms with Crippen molar-refractivity contribution in [3.05, 3.63) is 59.2 Å². The molecule has 7 nitrogen and oxygen atoms in total. The molecular formula is C24H34N4O3. The molecule has 0 spiro atoms. The Morgan fingerprint density at radius 3 is 2.39 bits per heavy atom. The number of carbonyl (C=O) groups excluding carboxylic acids is 1. The molecule has 2 N–H and O–H groups in total. The zero-order valence-corrected chi connectivity index (χ0v) is 19.2. The van der Waals surface area contributed by atoms with Crippen LogP contribution in [0, 0.1) is 0 Å². The second kappa shape index (κ2) is 12.5. The van der Waals surface area contributed by atoms with Crippen molar-refractivity contribution in [1.29, 1.82) is 0 Å². The molecule has 2 aromatic carbocycles. The van der Waals surface area contributed by atoms with Crippen LogP contribution in [0.4, 0.5) is 0 Å². The average Bonchev–Trinajstić information content (AvgIpc) is 2.78. The zero-order chi connectivity index (χ0) is 22.6. The minimum Gasteiger partial charge on any atom is -0.493 e. The molecular weight excluding hydrogens is 392 g/mol. The van der Waals surface area contributed by atoms with Gasteiger partial charge in [0.25, 0.3) is 5.91 Å². The fourth-order valence-corrected chi connectivity index (χ4v) is 3.12. The van der Waals surface area contributed by atoms with Crippen molar-refractivity contribution in [2.75, 3.05) is 47.9 Å². The third kappa shape index (κ3) is 7.51. The number of nitrogens with zero attached hydrogens (tertiary/aromatic N) is 2. The number of benzene rings is 2. The molecule has 0 saturated heterocycles. The molecule has 0 bridgehead atoms. The van der Waals surface area contributed by atoms with Gasteiger partial charge in [-0.15, -0.1) is 0 Å². The van der Waals surface area contributed by atoms with E-state index in [4.69, 9.17) is 9.47 Å². The molecule has 0 radical (unpaired) electrons. The number of hydrogen-bond donors (Lipinski definition) is 2. The van der Waals surface area contributed by atoms with Crippen LogP contribution in [0.3, 0.4) is 0 Å². The quantitative estimate of drug-likeness (QED) is 0.451. The van der Waals surface area contributed by atoms with Crippen LogP contribution in [0.2, 0.25) is 0 Å². The van der Waals surface area contributed by atoms with Crippen LogP contribution in [0.25, 0.3) is 0 Å². The first-order valence-electron chi connectivity index (χ1n) is 10.5. The van der Waals surface area contributed by atoms with Crippen molar-refractivity contribution >= 4 is 11.9 Å². The van der Waals surface area contributed by atoms with E-state index in [2.05, 4.69) is 15.6 Å². The van der Waals surface area contributed by atoms with Gasteiger partial charge in [0.15, 0.2) is 17.5 Å². The molecule has 0 heterocycles. The predicted molar refractivity (Wildman–Crippen MR) is 125 cm³/mol. The maximum absolute atomic E-state index is 12.1. The SMILES string of the molecule is CCNC(=NCCc1ccc(OC)c(OC)c1)NCCc1cccc(C(=O)N(C)C)c1. The van der Waals surface area contributed by atoms with E-state index in [1.165, 1.54) is 0 Å². The first-order chi connectivity index (χ1) is 15.0. The van der Waals surface area contributed by atoms with Crippen molar-refractivity contribution in [2.45, 2.75) is 19.8 Å². The van der Waals surface area contributed by atoms with Gasteiger partial charge in [-0.1, -0.05) is 18.2 Å². The van der Waals surface area contributed by atoms with E-state index in [9.17, 15) is 4.79 Å². The Labute approximate surface area is 185 Å². The molecule has 0 fully saturated rings. The highest BCUT2D eigenvalue weighted by atomic mass is 16.5. The maximum Gasteiger partial charge on any atom is 0.253 e. The van der Waals surface area contributed by atoms with Crippen molar-refractivity contribution in [2.24, 2.45) is 4.99 Å². The lowest BCUT2D eigenvalue weighted by molar-refractivity contribution is 0.0827. The summed E-state index contributed by atoms with van der Waals surface area (Å²) < 4.78 is 10.6. The minimum absolute atomic E-state index is 0.0138. The first-order valence-corrected chi connectivity index (χ1v) is 10.5. The van der Waals surface area contributed by atoms with Crippen LogP contribution in [0.5, 0.6) is 11.5 Å². The van der Waals surface area contributed by atoms with Crippen LogP contribution in [-0.4, -0.2) is 64.7 Å². The van der Waals surface area contributed by atoms with E-state index in [1.54, 1.807) is 33.2 Å². The van der Waals surface area contributed by atoms with Crippen LogP contribution >= 0.6 is 0 Å². The monoisotopic (exact) mass is 426 g/mol. The van der Waals surface area contributed by atoms with Crippen LogP contribution in [0.1, 0.15) is 28.4 Å². The number of amides is 1. The summed E-state index contributed by atoms with van der Waals surface area (Å²) in [5, 5.41) is 6.64. The second-order valence-corrected chi connectivity index (χ2v) is 7.28. The number of ether oxygens (including phenoxy) is 2. The van der Waals surface area contributed by atoms with Crippen LogP contribution in [0.15, 0.2) is 47.5 Å². The van der Waals surface area contributed by atoms with E-state index in [-0.39, 0.29) is 5.91 Å². The third-order valence-corrected chi connectivity index (χ3v) is 4.75. The first kappa shape index (κ1) is 24.1. The molecule has 0 unspecified atom stereocenters. The highest BCUT2D eigenvalue weighted by Crippen LogP contribution is 2.27. The minimum atomic E-state index is 0.0138. The number of aliphatic imine (C=N–C) groups is 1. The van der Waals surface area contributed by atoms with Gasteiger partial charge in [0.1, 0.15) is 0 Å². The summed E-state index contributed by atoms with van der Waals surface area (Å²) in [4.78, 5) is 18.4. The molecule has 2 aromatic rings. The molecule has 0 aliphatic rings. The number of carbonyl (C=O) groups is 1. The van der Waals surface area contributed by atoms with Gasteiger partial charge in [0, 0.05) is 39.3 Å². The third-order valence-electron chi connectivity index (χ3n) is 4.75.